The van der Waals surface area contributed by atoms with Crippen molar-refractivity contribution in [3.8, 4) is 0 Å². The summed E-state index contributed by atoms with van der Waals surface area (Å²) in [5.41, 5.74) is 4.97. The van der Waals surface area contributed by atoms with Crippen molar-refractivity contribution in [2.24, 2.45) is 0 Å². The zero-order chi connectivity index (χ0) is 12.3. The molecule has 1 aliphatic heterocycles. The van der Waals surface area contributed by atoms with E-state index in [2.05, 4.69) is 5.48 Å². The number of carbonyl (C=O) groups is 1. The molecular weight excluding hydrogens is 218 g/mol. The van der Waals surface area contributed by atoms with Crippen LogP contribution in [0.5, 0.6) is 0 Å². The van der Waals surface area contributed by atoms with E-state index in [4.69, 9.17) is 4.84 Å². The first kappa shape index (κ1) is 11.9. The quantitative estimate of drug-likeness (QED) is 0.788. The Kier molecular flexibility index (Phi) is 3.61. The Morgan fingerprint density at radius 2 is 2.06 bits per heavy atom. The molecule has 0 aliphatic carbocycles. The number of hydrazine groups is 1. The molecule has 0 spiro atoms. The first-order chi connectivity index (χ1) is 8.22. The van der Waals surface area contributed by atoms with E-state index in [0.29, 0.717) is 13.0 Å². The van der Waals surface area contributed by atoms with Gasteiger partial charge < -0.3 is 4.84 Å². The maximum atomic E-state index is 11.4. The molecule has 0 bridgehead atoms. The average molecular weight is 235 g/mol. The fourth-order valence-corrected chi connectivity index (χ4v) is 1.89. The highest BCUT2D eigenvalue weighted by atomic mass is 16.6. The number of hydrogen-bond donors (Lipinski definition) is 1. The van der Waals surface area contributed by atoms with Gasteiger partial charge in [-0.2, -0.15) is 5.48 Å². The second-order valence-electron chi connectivity index (χ2n) is 3.98. The summed E-state index contributed by atoms with van der Waals surface area (Å²) in [4.78, 5) is 16.2. The van der Waals surface area contributed by atoms with Gasteiger partial charge in [-0.1, -0.05) is 12.1 Å². The summed E-state index contributed by atoms with van der Waals surface area (Å²) in [7, 11) is 3.40. The molecule has 5 nitrogen and oxygen atoms in total. The Balaban J connectivity index is 2.05. The molecule has 0 radical (unpaired) electrons. The summed E-state index contributed by atoms with van der Waals surface area (Å²) in [5, 5.41) is 3.65. The molecule has 0 atom stereocenters. The Hall–Kier alpha value is -1.59. The summed E-state index contributed by atoms with van der Waals surface area (Å²) in [6, 6.07) is 8.08. The number of carbonyl (C=O) groups excluding carboxylic acids is 1. The summed E-state index contributed by atoms with van der Waals surface area (Å²) in [5.74, 6) is 0.162. The largest absolute Gasteiger partial charge is 0.305 e. The van der Waals surface area contributed by atoms with Crippen LogP contribution in [-0.4, -0.2) is 31.6 Å². The zero-order valence-corrected chi connectivity index (χ0v) is 10.1. The molecule has 1 fully saturated rings. The maximum Gasteiger partial charge on any atom is 0.242 e. The Morgan fingerprint density at radius 1 is 1.35 bits per heavy atom. The first-order valence-electron chi connectivity index (χ1n) is 5.61. The number of nitrogens with one attached hydrogen (secondary N) is 1. The third kappa shape index (κ3) is 2.57. The van der Waals surface area contributed by atoms with Crippen LogP contribution >= 0.6 is 0 Å². The third-order valence-electron chi connectivity index (χ3n) is 2.92. The van der Waals surface area contributed by atoms with Gasteiger partial charge in [-0.25, -0.2) is 0 Å². The second-order valence-corrected chi connectivity index (χ2v) is 3.98. The van der Waals surface area contributed by atoms with E-state index in [1.165, 1.54) is 0 Å². The molecule has 1 N–H and O–H groups in total. The van der Waals surface area contributed by atoms with Crippen LogP contribution in [0.15, 0.2) is 24.3 Å². The lowest BCUT2D eigenvalue weighted by Crippen LogP contribution is -2.35. The normalized spacial score (nSPS) is 15.8. The van der Waals surface area contributed by atoms with Gasteiger partial charge in [-0.3, -0.25) is 14.8 Å². The van der Waals surface area contributed by atoms with Gasteiger partial charge in [0, 0.05) is 26.6 Å². The lowest BCUT2D eigenvalue weighted by molar-refractivity contribution is -0.126. The highest BCUT2D eigenvalue weighted by molar-refractivity contribution is 5.81. The van der Waals surface area contributed by atoms with Gasteiger partial charge in [0.05, 0.1) is 12.8 Å². The molecule has 0 saturated carbocycles. The van der Waals surface area contributed by atoms with Crippen LogP contribution in [0.25, 0.3) is 0 Å². The lowest BCUT2D eigenvalue weighted by Gasteiger charge is -2.26. The lowest BCUT2D eigenvalue weighted by atomic mass is 10.2. The number of nitrogens with zero attached hydrogens (tertiary/aromatic N) is 2. The number of anilines is 1. The minimum Gasteiger partial charge on any atom is -0.305 e. The van der Waals surface area contributed by atoms with E-state index in [1.54, 1.807) is 19.2 Å². The first-order valence-corrected chi connectivity index (χ1v) is 5.61. The van der Waals surface area contributed by atoms with E-state index in [-0.39, 0.29) is 5.91 Å². The topological polar surface area (TPSA) is 44.8 Å². The fourth-order valence-electron chi connectivity index (χ4n) is 1.89. The van der Waals surface area contributed by atoms with Crippen molar-refractivity contribution in [2.75, 3.05) is 25.7 Å². The highest BCUT2D eigenvalue weighted by Gasteiger charge is 2.25. The van der Waals surface area contributed by atoms with Crippen molar-refractivity contribution in [1.29, 1.82) is 0 Å². The summed E-state index contributed by atoms with van der Waals surface area (Å²) < 4.78 is 0. The SMILES string of the molecule is CONCc1ccc(N2CCC(=O)N2C)cc1. The highest BCUT2D eigenvalue weighted by Crippen LogP contribution is 2.21. The second kappa shape index (κ2) is 5.16. The number of rotatable bonds is 4. The van der Waals surface area contributed by atoms with Gasteiger partial charge in [0.15, 0.2) is 0 Å². The van der Waals surface area contributed by atoms with Crippen LogP contribution < -0.4 is 10.5 Å². The van der Waals surface area contributed by atoms with Gasteiger partial charge in [0.25, 0.3) is 0 Å². The van der Waals surface area contributed by atoms with Gasteiger partial charge in [0.1, 0.15) is 0 Å². The van der Waals surface area contributed by atoms with Crippen molar-refractivity contribution in [3.63, 3.8) is 0 Å². The molecule has 5 heteroatoms. The van der Waals surface area contributed by atoms with Gasteiger partial charge in [-0.05, 0) is 17.7 Å². The van der Waals surface area contributed by atoms with Crippen molar-refractivity contribution in [1.82, 2.24) is 10.5 Å². The zero-order valence-electron chi connectivity index (χ0n) is 10.1. The maximum absolute atomic E-state index is 11.4. The molecule has 1 heterocycles. The smallest absolute Gasteiger partial charge is 0.242 e. The van der Waals surface area contributed by atoms with Crippen LogP contribution in [0.3, 0.4) is 0 Å². The standard InChI is InChI=1S/C12H17N3O2/c1-14-12(16)7-8-15(14)11-5-3-10(4-6-11)9-13-17-2/h3-6,13H,7-9H2,1-2H3. The van der Waals surface area contributed by atoms with E-state index in [1.807, 2.05) is 29.3 Å². The summed E-state index contributed by atoms with van der Waals surface area (Å²) in [6.45, 7) is 1.43. The molecule has 0 aromatic heterocycles. The van der Waals surface area contributed by atoms with Crippen LogP contribution in [0.1, 0.15) is 12.0 Å². The summed E-state index contributed by atoms with van der Waals surface area (Å²) >= 11 is 0. The van der Waals surface area contributed by atoms with Crippen LogP contribution in [-0.2, 0) is 16.2 Å². The molecule has 0 unspecified atom stereocenters. The molecular formula is C12H17N3O2. The Morgan fingerprint density at radius 3 is 2.59 bits per heavy atom. The van der Waals surface area contributed by atoms with Crippen LogP contribution in [0.2, 0.25) is 0 Å². The van der Waals surface area contributed by atoms with Crippen molar-refractivity contribution >= 4 is 11.6 Å². The predicted octanol–water partition coefficient (Wildman–Crippen LogP) is 0.921. The molecule has 1 saturated heterocycles. The van der Waals surface area contributed by atoms with Gasteiger partial charge in [-0.15, -0.1) is 0 Å². The van der Waals surface area contributed by atoms with Gasteiger partial charge >= 0.3 is 0 Å². The minimum atomic E-state index is 0.162. The van der Waals surface area contributed by atoms with E-state index in [0.717, 1.165) is 17.8 Å². The molecule has 1 aromatic carbocycles. The van der Waals surface area contributed by atoms with Crippen molar-refractivity contribution in [2.45, 2.75) is 13.0 Å². The van der Waals surface area contributed by atoms with E-state index >= 15 is 0 Å². The monoisotopic (exact) mass is 235 g/mol. The predicted molar refractivity (Wildman–Crippen MR) is 65.0 cm³/mol. The molecule has 17 heavy (non-hydrogen) atoms. The summed E-state index contributed by atoms with van der Waals surface area (Å²) in [6.07, 6.45) is 0.587. The van der Waals surface area contributed by atoms with E-state index in [9.17, 15) is 4.79 Å². The minimum absolute atomic E-state index is 0.162. The van der Waals surface area contributed by atoms with Crippen molar-refractivity contribution in [3.05, 3.63) is 29.8 Å². The number of hydroxylamine groups is 1. The fraction of sp³-hybridized carbons (Fsp3) is 0.417. The molecule has 2 rings (SSSR count). The number of benzene rings is 1. The van der Waals surface area contributed by atoms with Crippen LogP contribution in [0.4, 0.5) is 5.69 Å². The van der Waals surface area contributed by atoms with E-state index < -0.39 is 0 Å². The third-order valence-corrected chi connectivity index (χ3v) is 2.92. The van der Waals surface area contributed by atoms with Crippen LogP contribution in [0, 0.1) is 0 Å². The Bertz CT molecular complexity index is 391. The number of hydrogen-bond acceptors (Lipinski definition) is 4. The Labute approximate surface area is 101 Å². The van der Waals surface area contributed by atoms with Crippen molar-refractivity contribution < 1.29 is 9.63 Å². The molecule has 1 aromatic rings. The number of amides is 1. The molecule has 1 aliphatic rings. The molecule has 1 amide bonds. The molecule has 92 valence electrons. The van der Waals surface area contributed by atoms with Gasteiger partial charge in [0.2, 0.25) is 5.91 Å². The average Bonchev–Trinajstić information content (AvgIpc) is 2.68.